The van der Waals surface area contributed by atoms with E-state index < -0.39 is 40.1 Å². The van der Waals surface area contributed by atoms with Crippen LogP contribution in [-0.4, -0.2) is 121 Å². The summed E-state index contributed by atoms with van der Waals surface area (Å²) in [5.74, 6) is 8.61. The Morgan fingerprint density at radius 3 is 1.06 bits per heavy atom. The van der Waals surface area contributed by atoms with Crippen LogP contribution in [0.25, 0.3) is 22.1 Å². The molecule has 12 saturated carbocycles. The zero-order valence-electron chi connectivity index (χ0n) is 61.7. The predicted octanol–water partition coefficient (Wildman–Crippen LogP) is 17.8. The zero-order chi connectivity index (χ0) is 71.8. The molecule has 0 unspecified atom stereocenters. The Labute approximate surface area is 618 Å². The van der Waals surface area contributed by atoms with E-state index in [1.165, 1.54) is 103 Å². The molecule has 3 N–H and O–H groups in total. The highest BCUT2D eigenvalue weighted by atomic mass is 79.9. The SMILES string of the molecule is CSC[C@]12CC[C@@](C)(O)C[C@H]1CC[C@H]1[C@@H]3CC[C@H](C(=O)CBr)[C@@]3(C)CC[C@@H]12.CSC[C@]12CC[C@@](C)(O)C[C@H]1CC[C@H]1[C@@H]3CC[C@H](C(=O)Cn4nnc5c(F)c(F)ccc54)[C@@]3(C)CC[C@@H]12.CSC[C@]12CC[C@@](C)(O)C[C@H]1CC[C@H]1[C@@H]3CC[C@H](C(=O)Cn4nnc5c(F)c(F)ccc54)[C@@]3(C)CC[C@@H]12. The van der Waals surface area contributed by atoms with Crippen LogP contribution in [0.3, 0.4) is 0 Å². The number of alkyl halides is 1. The number of nitrogens with zero attached hydrogens (tertiary/aromatic N) is 6. The first kappa shape index (κ1) is 75.2. The molecular weight excluding hydrogens is 1410 g/mol. The van der Waals surface area contributed by atoms with Crippen LogP contribution in [0, 0.1) is 145 Å². The maximum absolute atomic E-state index is 14.1. The Morgan fingerprint density at radius 1 is 0.436 bits per heavy atom. The van der Waals surface area contributed by atoms with E-state index in [4.69, 9.17) is 0 Å². The predicted molar refractivity (Wildman–Crippen MR) is 399 cm³/mol. The van der Waals surface area contributed by atoms with Crippen LogP contribution in [0.4, 0.5) is 17.6 Å². The molecule has 2 aromatic carbocycles. The van der Waals surface area contributed by atoms with Gasteiger partial charge in [0.1, 0.15) is 18.9 Å². The van der Waals surface area contributed by atoms with Crippen LogP contribution in [0.15, 0.2) is 24.3 Å². The van der Waals surface area contributed by atoms with Crippen molar-refractivity contribution in [2.75, 3.05) is 41.4 Å². The van der Waals surface area contributed by atoms with Crippen molar-refractivity contribution in [1.82, 2.24) is 30.0 Å². The number of aliphatic hydroxyl groups is 3. The van der Waals surface area contributed by atoms with Gasteiger partial charge in [-0.3, -0.25) is 14.4 Å². The Morgan fingerprint density at radius 2 is 0.752 bits per heavy atom. The van der Waals surface area contributed by atoms with Crippen LogP contribution in [0.1, 0.15) is 215 Å². The van der Waals surface area contributed by atoms with Crippen LogP contribution in [0.2, 0.25) is 0 Å². The largest absolute Gasteiger partial charge is 0.390 e. The third kappa shape index (κ3) is 12.8. The molecule has 0 saturated heterocycles. The molecule has 20 heteroatoms. The molecule has 24 atom stereocenters. The van der Waals surface area contributed by atoms with Gasteiger partial charge in [-0.2, -0.15) is 35.3 Å². The first-order chi connectivity index (χ1) is 48.0. The second kappa shape index (κ2) is 28.1. The van der Waals surface area contributed by atoms with E-state index in [1.807, 2.05) is 49.1 Å². The molecule has 2 heterocycles. The van der Waals surface area contributed by atoms with Gasteiger partial charge in [0, 0.05) is 17.8 Å². The lowest BCUT2D eigenvalue weighted by molar-refractivity contribution is -0.149. The van der Waals surface area contributed by atoms with Gasteiger partial charge in [-0.15, -0.1) is 10.2 Å². The molecule has 12 nitrogen and oxygen atoms in total. The van der Waals surface area contributed by atoms with Gasteiger partial charge < -0.3 is 15.3 Å². The standard InChI is InChI=1S/2C29H39F2N3O2S.C23H37BrO2S/c2*1-27(36)12-13-29(16-37-3)17(14-27)4-5-18-19-6-7-21(28(19,2)11-10-20(18)29)24(35)15-34-23-9-8-22(30)25(31)26(23)32-33-34;1-21(26)10-11-23(14-27-3)15(12-21)4-5-16-17-6-7-19(20(25)13-24)22(17,2)9-8-18(16)23/h2*8-9,17-21,36H,4-7,10-16H2,1-3H3;15-19,26H,4-14H2,1-3H3/t2*17-,18+,19+,20+,21-,27-,28+,29-;15-,16+,17+,18+,19-,21-,22+,23-/m111/s1. The second-order valence-corrected chi connectivity index (χ2v) is 40.2. The van der Waals surface area contributed by atoms with Crippen LogP contribution >= 0.6 is 51.2 Å². The van der Waals surface area contributed by atoms with Gasteiger partial charge in [0.15, 0.2) is 45.9 Å². The molecule has 101 heavy (non-hydrogen) atoms. The Hall–Kier alpha value is -2.62. The van der Waals surface area contributed by atoms with E-state index in [0.717, 1.165) is 139 Å². The Balaban J connectivity index is 0.000000131. The summed E-state index contributed by atoms with van der Waals surface area (Å²) in [7, 11) is 0. The maximum Gasteiger partial charge on any atom is 0.188 e. The lowest BCUT2D eigenvalue weighted by Gasteiger charge is -2.62. The highest BCUT2D eigenvalue weighted by Crippen LogP contribution is 2.73. The molecule has 0 radical (unpaired) electrons. The van der Waals surface area contributed by atoms with Crippen LogP contribution in [-0.2, 0) is 27.5 Å². The number of Topliss-reactive ketones (excluding diaryl/α,β-unsaturated/α-hetero) is 3. The first-order valence-corrected chi connectivity index (χ1v) is 44.4. The van der Waals surface area contributed by atoms with Crippen molar-refractivity contribution in [1.29, 1.82) is 0 Å². The molecule has 4 aromatic rings. The summed E-state index contributed by atoms with van der Waals surface area (Å²) in [6.07, 6.45) is 36.6. The fourth-order valence-corrected chi connectivity index (χ4v) is 31.5. The third-order valence-corrected chi connectivity index (χ3v) is 35.3. The minimum Gasteiger partial charge on any atom is -0.390 e. The number of carbonyl (C=O) groups excluding carboxylic acids is 3. The lowest BCUT2D eigenvalue weighted by Crippen LogP contribution is -2.58. The Bertz CT molecular complexity index is 3580. The maximum atomic E-state index is 14.1. The van der Waals surface area contributed by atoms with Gasteiger partial charge in [0.05, 0.1) is 33.2 Å². The van der Waals surface area contributed by atoms with Crippen molar-refractivity contribution < 1.29 is 47.3 Å². The summed E-state index contributed by atoms with van der Waals surface area (Å²) in [5, 5.41) is 48.7. The molecule has 16 rings (SSSR count). The van der Waals surface area contributed by atoms with Gasteiger partial charge in [-0.1, -0.05) is 47.1 Å². The van der Waals surface area contributed by atoms with Crippen molar-refractivity contribution in [3.8, 4) is 0 Å². The number of hydrogen-bond acceptors (Lipinski definition) is 13. The minimum atomic E-state index is -1.01. The van der Waals surface area contributed by atoms with E-state index in [0.29, 0.717) is 91.7 Å². The first-order valence-electron chi connectivity index (χ1n) is 39.1. The van der Waals surface area contributed by atoms with Crippen molar-refractivity contribution in [3.63, 3.8) is 0 Å². The van der Waals surface area contributed by atoms with Gasteiger partial charge in [0.2, 0.25) is 0 Å². The van der Waals surface area contributed by atoms with E-state index >= 15 is 0 Å². The van der Waals surface area contributed by atoms with Crippen LogP contribution < -0.4 is 0 Å². The molecule has 2 aromatic heterocycles. The molecule has 12 aliphatic carbocycles. The number of rotatable bonds is 14. The smallest absolute Gasteiger partial charge is 0.188 e. The quantitative estimate of drug-likeness (QED) is 0.0805. The van der Waals surface area contributed by atoms with Gasteiger partial charge >= 0.3 is 0 Å². The monoisotopic (exact) mass is 1520 g/mol. The lowest BCUT2D eigenvalue weighted by atomic mass is 9.44. The average Bonchev–Trinajstić information content (AvgIpc) is 1.71. The number of benzene rings is 2. The summed E-state index contributed by atoms with van der Waals surface area (Å²) in [6.45, 7) is 13.4. The highest BCUT2D eigenvalue weighted by Gasteiger charge is 2.67. The number of fused-ring (bicyclic) bond motifs is 17. The van der Waals surface area contributed by atoms with E-state index in [9.17, 15) is 47.3 Å². The summed E-state index contributed by atoms with van der Waals surface area (Å²) in [5.41, 5.74) is 0.201. The van der Waals surface area contributed by atoms with E-state index in [1.54, 1.807) is 0 Å². The summed E-state index contributed by atoms with van der Waals surface area (Å²) >= 11 is 9.42. The van der Waals surface area contributed by atoms with Gasteiger partial charge in [-0.05, 0) is 358 Å². The number of halogens is 5. The van der Waals surface area contributed by atoms with Gasteiger partial charge in [0.25, 0.3) is 0 Å². The third-order valence-electron chi connectivity index (χ3n) is 32.3. The molecule has 0 amide bonds. The van der Waals surface area contributed by atoms with Crippen molar-refractivity contribution in [3.05, 3.63) is 47.5 Å². The Kier molecular flexibility index (Phi) is 20.9. The molecule has 12 aliphatic rings. The summed E-state index contributed by atoms with van der Waals surface area (Å²) < 4.78 is 58.4. The minimum absolute atomic E-state index is 0.0282. The number of aromatic nitrogens is 6. The normalized spacial score (nSPS) is 44.1. The van der Waals surface area contributed by atoms with Crippen molar-refractivity contribution in [2.24, 2.45) is 121 Å². The number of hydrogen-bond donors (Lipinski definition) is 3. The highest BCUT2D eigenvalue weighted by molar-refractivity contribution is 9.09. The molecule has 0 spiro atoms. The van der Waals surface area contributed by atoms with Crippen molar-refractivity contribution in [2.45, 2.75) is 245 Å². The van der Waals surface area contributed by atoms with Crippen molar-refractivity contribution >= 4 is 90.6 Å². The number of thioether (sulfide) groups is 3. The molecule has 12 fully saturated rings. The number of ketones is 3. The topological polar surface area (TPSA) is 173 Å². The van der Waals surface area contributed by atoms with E-state index in [-0.39, 0.29) is 69.7 Å². The fourth-order valence-electron chi connectivity index (χ4n) is 27.7. The molecule has 0 bridgehead atoms. The fraction of sp³-hybridized carbons (Fsp3) is 0.815. The van der Waals surface area contributed by atoms with Gasteiger partial charge in [-0.25, -0.2) is 26.9 Å². The van der Waals surface area contributed by atoms with Crippen LogP contribution in [0.5, 0.6) is 0 Å². The second-order valence-electron chi connectivity index (χ2n) is 37.1. The average molecular weight is 1520 g/mol. The number of carbonyl (C=O) groups is 3. The van der Waals surface area contributed by atoms with E-state index in [2.05, 4.69) is 83.0 Å². The zero-order valence-corrected chi connectivity index (χ0v) is 65.7. The summed E-state index contributed by atoms with van der Waals surface area (Å²) in [4.78, 5) is 40.0. The summed E-state index contributed by atoms with van der Waals surface area (Å²) in [6, 6.07) is 5.05. The molecular formula is C81H115BrF4N6O6S3. The molecule has 0 aliphatic heterocycles. The molecule has 558 valence electrons.